The number of unbranched alkanes of at least 4 members (excludes halogenated alkanes) is 3. The maximum absolute atomic E-state index is 8.60. The zero-order chi connectivity index (χ0) is 10.2. The lowest BCUT2D eigenvalue weighted by Crippen LogP contribution is -2.29. The van der Waals surface area contributed by atoms with Crippen LogP contribution in [0.25, 0.3) is 0 Å². The van der Waals surface area contributed by atoms with Crippen LogP contribution in [0.1, 0.15) is 44.9 Å². The van der Waals surface area contributed by atoms with Crippen molar-refractivity contribution in [2.45, 2.75) is 57.0 Å². The molecule has 0 heterocycles. The molecule has 1 fully saturated rings. The molecule has 4 N–H and O–H groups in total. The number of nitrogens with one attached hydrogen (secondary N) is 1. The maximum Gasteiger partial charge on any atom is 0.0431 e. The van der Waals surface area contributed by atoms with Crippen molar-refractivity contribution in [1.82, 2.24) is 5.32 Å². The topological polar surface area (TPSA) is 58.3 Å². The van der Waals surface area contributed by atoms with Gasteiger partial charge in [0, 0.05) is 18.7 Å². The lowest BCUT2D eigenvalue weighted by atomic mass is 10.2. The molecule has 0 spiro atoms. The Morgan fingerprint density at radius 2 is 1.93 bits per heavy atom. The molecule has 0 aromatic carbocycles. The van der Waals surface area contributed by atoms with Gasteiger partial charge in [0.05, 0.1) is 0 Å². The molecular formula is C11H24N2O. The van der Waals surface area contributed by atoms with Gasteiger partial charge in [-0.05, 0) is 38.6 Å². The monoisotopic (exact) mass is 200 g/mol. The predicted octanol–water partition coefficient (Wildman–Crippen LogP) is 1.01. The summed E-state index contributed by atoms with van der Waals surface area (Å²) in [7, 11) is 0. The first-order chi connectivity index (χ1) is 6.83. The van der Waals surface area contributed by atoms with Gasteiger partial charge in [0.25, 0.3) is 0 Å². The Balaban J connectivity index is 1.84. The molecule has 0 aromatic heterocycles. The minimum atomic E-state index is 0.338. The van der Waals surface area contributed by atoms with Crippen LogP contribution in [-0.4, -0.2) is 30.3 Å². The van der Waals surface area contributed by atoms with Gasteiger partial charge in [-0.15, -0.1) is 0 Å². The van der Waals surface area contributed by atoms with Crippen molar-refractivity contribution < 1.29 is 5.11 Å². The van der Waals surface area contributed by atoms with Gasteiger partial charge < -0.3 is 16.2 Å². The molecule has 0 bridgehead atoms. The fourth-order valence-electron chi connectivity index (χ4n) is 2.10. The summed E-state index contributed by atoms with van der Waals surface area (Å²) in [6.07, 6.45) is 8.14. The molecule has 84 valence electrons. The molecule has 2 atom stereocenters. The normalized spacial score (nSPS) is 27.0. The van der Waals surface area contributed by atoms with E-state index in [1.807, 2.05) is 0 Å². The first-order valence-corrected chi connectivity index (χ1v) is 5.92. The van der Waals surface area contributed by atoms with Crippen molar-refractivity contribution in [2.24, 2.45) is 5.73 Å². The van der Waals surface area contributed by atoms with Gasteiger partial charge in [-0.25, -0.2) is 0 Å². The molecule has 1 aliphatic rings. The summed E-state index contributed by atoms with van der Waals surface area (Å²) in [6, 6.07) is 1.10. The van der Waals surface area contributed by atoms with E-state index in [9.17, 15) is 0 Å². The van der Waals surface area contributed by atoms with Crippen LogP contribution >= 0.6 is 0 Å². The van der Waals surface area contributed by atoms with Crippen LogP contribution in [0.5, 0.6) is 0 Å². The summed E-state index contributed by atoms with van der Waals surface area (Å²) in [5.74, 6) is 0. The zero-order valence-electron chi connectivity index (χ0n) is 9.04. The Kier molecular flexibility index (Phi) is 6.15. The van der Waals surface area contributed by atoms with E-state index in [1.54, 1.807) is 0 Å². The number of aliphatic hydroxyl groups excluding tert-OH is 1. The van der Waals surface area contributed by atoms with Gasteiger partial charge >= 0.3 is 0 Å². The van der Waals surface area contributed by atoms with Crippen LogP contribution in [0, 0.1) is 0 Å². The standard InChI is InChI=1S/C11H24N2O/c12-10-5-6-11(9-10)13-7-3-1-2-4-8-14/h10-11,13-14H,1-9,12H2. The Morgan fingerprint density at radius 3 is 2.57 bits per heavy atom. The molecule has 3 heteroatoms. The fourth-order valence-corrected chi connectivity index (χ4v) is 2.10. The zero-order valence-corrected chi connectivity index (χ0v) is 9.04. The Labute approximate surface area is 87.1 Å². The third-order valence-electron chi connectivity index (χ3n) is 2.99. The summed E-state index contributed by atoms with van der Waals surface area (Å²) in [5.41, 5.74) is 5.83. The lowest BCUT2D eigenvalue weighted by molar-refractivity contribution is 0.282. The summed E-state index contributed by atoms with van der Waals surface area (Å²) in [5, 5.41) is 12.1. The highest BCUT2D eigenvalue weighted by Gasteiger charge is 2.20. The van der Waals surface area contributed by atoms with E-state index < -0.39 is 0 Å². The average Bonchev–Trinajstić information content (AvgIpc) is 2.58. The smallest absolute Gasteiger partial charge is 0.0431 e. The molecule has 0 aromatic rings. The molecular weight excluding hydrogens is 176 g/mol. The highest BCUT2D eigenvalue weighted by atomic mass is 16.2. The summed E-state index contributed by atoms with van der Waals surface area (Å²) < 4.78 is 0. The Morgan fingerprint density at radius 1 is 1.14 bits per heavy atom. The molecule has 1 rings (SSSR count). The molecule has 0 radical (unpaired) electrons. The Bertz CT molecular complexity index is 141. The summed E-state index contributed by atoms with van der Waals surface area (Å²) >= 11 is 0. The van der Waals surface area contributed by atoms with Crippen molar-refractivity contribution in [3.63, 3.8) is 0 Å². The van der Waals surface area contributed by atoms with E-state index in [4.69, 9.17) is 10.8 Å². The second-order valence-electron chi connectivity index (χ2n) is 4.36. The number of nitrogens with two attached hydrogens (primary N) is 1. The van der Waals surface area contributed by atoms with Gasteiger partial charge in [-0.3, -0.25) is 0 Å². The minimum absolute atomic E-state index is 0.338. The summed E-state index contributed by atoms with van der Waals surface area (Å²) in [4.78, 5) is 0. The van der Waals surface area contributed by atoms with E-state index in [0.29, 0.717) is 18.7 Å². The number of hydrogen-bond acceptors (Lipinski definition) is 3. The highest BCUT2D eigenvalue weighted by molar-refractivity contribution is 4.82. The number of rotatable bonds is 7. The quantitative estimate of drug-likeness (QED) is 0.538. The third-order valence-corrected chi connectivity index (χ3v) is 2.99. The Hall–Kier alpha value is -0.120. The fraction of sp³-hybridized carbons (Fsp3) is 1.00. The first-order valence-electron chi connectivity index (χ1n) is 5.92. The SMILES string of the molecule is NC1CCC(NCCCCCCO)C1. The van der Waals surface area contributed by atoms with Crippen LogP contribution in [-0.2, 0) is 0 Å². The second kappa shape index (κ2) is 7.21. The van der Waals surface area contributed by atoms with Gasteiger partial charge in [0.15, 0.2) is 0 Å². The van der Waals surface area contributed by atoms with Crippen molar-refractivity contribution >= 4 is 0 Å². The predicted molar refractivity (Wildman–Crippen MR) is 59.2 cm³/mol. The number of hydrogen-bond donors (Lipinski definition) is 3. The van der Waals surface area contributed by atoms with Crippen LogP contribution in [0.2, 0.25) is 0 Å². The molecule has 3 nitrogen and oxygen atoms in total. The van der Waals surface area contributed by atoms with Gasteiger partial charge in [0.1, 0.15) is 0 Å². The van der Waals surface area contributed by atoms with Crippen molar-refractivity contribution in [3.05, 3.63) is 0 Å². The molecule has 1 saturated carbocycles. The van der Waals surface area contributed by atoms with Crippen molar-refractivity contribution in [2.75, 3.05) is 13.2 Å². The van der Waals surface area contributed by atoms with Crippen LogP contribution in [0.15, 0.2) is 0 Å². The third kappa shape index (κ3) is 4.94. The van der Waals surface area contributed by atoms with Crippen molar-refractivity contribution in [3.8, 4) is 0 Å². The van der Waals surface area contributed by atoms with E-state index in [-0.39, 0.29) is 0 Å². The van der Waals surface area contributed by atoms with Crippen molar-refractivity contribution in [1.29, 1.82) is 0 Å². The largest absolute Gasteiger partial charge is 0.396 e. The van der Waals surface area contributed by atoms with Crippen LogP contribution in [0.4, 0.5) is 0 Å². The van der Waals surface area contributed by atoms with E-state index in [1.165, 1.54) is 25.7 Å². The van der Waals surface area contributed by atoms with E-state index in [2.05, 4.69) is 5.32 Å². The molecule has 0 amide bonds. The summed E-state index contributed by atoms with van der Waals surface area (Å²) in [6.45, 7) is 1.45. The highest BCUT2D eigenvalue weighted by Crippen LogP contribution is 2.16. The first kappa shape index (κ1) is 12.0. The molecule has 2 unspecified atom stereocenters. The molecule has 0 aliphatic heterocycles. The van der Waals surface area contributed by atoms with Gasteiger partial charge in [0.2, 0.25) is 0 Å². The van der Waals surface area contributed by atoms with E-state index in [0.717, 1.165) is 25.8 Å². The maximum atomic E-state index is 8.60. The molecule has 0 saturated heterocycles. The lowest BCUT2D eigenvalue weighted by Gasteiger charge is -2.11. The van der Waals surface area contributed by atoms with Gasteiger partial charge in [-0.1, -0.05) is 12.8 Å². The molecule has 14 heavy (non-hydrogen) atoms. The minimum Gasteiger partial charge on any atom is -0.396 e. The van der Waals surface area contributed by atoms with E-state index >= 15 is 0 Å². The number of aliphatic hydroxyl groups is 1. The second-order valence-corrected chi connectivity index (χ2v) is 4.36. The average molecular weight is 200 g/mol. The van der Waals surface area contributed by atoms with Crippen LogP contribution < -0.4 is 11.1 Å². The van der Waals surface area contributed by atoms with Crippen LogP contribution in [0.3, 0.4) is 0 Å². The molecule has 1 aliphatic carbocycles. The van der Waals surface area contributed by atoms with Gasteiger partial charge in [-0.2, -0.15) is 0 Å².